The van der Waals surface area contributed by atoms with E-state index in [-0.39, 0.29) is 11.2 Å². The molecule has 0 saturated carbocycles. The van der Waals surface area contributed by atoms with Crippen LogP contribution in [0.15, 0.2) is 35.1 Å². The third-order valence-electron chi connectivity index (χ3n) is 5.83. The lowest BCUT2D eigenvalue weighted by Gasteiger charge is -2.46. The Morgan fingerprint density at radius 3 is 2.68 bits per heavy atom. The Kier molecular flexibility index (Phi) is 4.40. The zero-order valence-corrected chi connectivity index (χ0v) is 15.2. The van der Waals surface area contributed by atoms with Crippen molar-refractivity contribution in [2.45, 2.75) is 25.0 Å². The first-order chi connectivity index (χ1) is 12.1. The van der Waals surface area contributed by atoms with Crippen LogP contribution < -0.4 is 5.56 Å². The van der Waals surface area contributed by atoms with Gasteiger partial charge < -0.3 is 14.2 Å². The van der Waals surface area contributed by atoms with Crippen molar-refractivity contribution in [2.24, 2.45) is 7.05 Å². The second kappa shape index (κ2) is 6.56. The highest BCUT2D eigenvalue weighted by atomic mass is 16.5. The highest BCUT2D eigenvalue weighted by Gasteiger charge is 2.39. The monoisotopic (exact) mass is 341 g/mol. The number of piperidine rings is 1. The highest BCUT2D eigenvalue weighted by Crippen LogP contribution is 2.30. The van der Waals surface area contributed by atoms with Gasteiger partial charge in [0.25, 0.3) is 5.56 Å². The van der Waals surface area contributed by atoms with E-state index in [1.807, 2.05) is 25.2 Å². The van der Waals surface area contributed by atoms with Crippen molar-refractivity contribution in [3.05, 3.63) is 46.2 Å². The largest absolute Gasteiger partial charge is 0.372 e. The molecular weight excluding hydrogens is 314 g/mol. The van der Waals surface area contributed by atoms with Gasteiger partial charge in [-0.05, 0) is 37.4 Å². The fraction of sp³-hybridized carbons (Fsp3) is 0.550. The molecule has 0 radical (unpaired) electrons. The predicted octanol–water partition coefficient (Wildman–Crippen LogP) is 1.84. The summed E-state index contributed by atoms with van der Waals surface area (Å²) >= 11 is 0. The van der Waals surface area contributed by atoms with Crippen LogP contribution >= 0.6 is 0 Å². The number of rotatable bonds is 2. The van der Waals surface area contributed by atoms with E-state index >= 15 is 0 Å². The maximum Gasteiger partial charge on any atom is 0.255 e. The molecule has 1 aromatic heterocycles. The van der Waals surface area contributed by atoms with Gasteiger partial charge in [-0.3, -0.25) is 9.69 Å². The molecule has 2 fully saturated rings. The number of hydrogen-bond donors (Lipinski definition) is 0. The molecule has 25 heavy (non-hydrogen) atoms. The average Bonchev–Trinajstić information content (AvgIpc) is 2.63. The number of fused-ring (bicyclic) bond motifs is 1. The number of aryl methyl sites for hydroxylation is 1. The molecular formula is C20H27N3O2. The Morgan fingerprint density at radius 1 is 1.12 bits per heavy atom. The van der Waals surface area contributed by atoms with Crippen molar-refractivity contribution in [2.75, 3.05) is 39.8 Å². The molecule has 134 valence electrons. The molecule has 0 bridgehead atoms. The minimum Gasteiger partial charge on any atom is -0.372 e. The average molecular weight is 341 g/mol. The molecule has 2 saturated heterocycles. The standard InChI is InChI=1S/C20H27N3O2/c1-21-9-7-20(8-10-21)15-23(11-12-25-20)14-17-13-16-5-3-4-6-18(16)22(2)19(17)24/h3-6,13H,7-12,14-15H2,1-2H3. The Morgan fingerprint density at radius 2 is 1.88 bits per heavy atom. The van der Waals surface area contributed by atoms with Gasteiger partial charge in [-0.25, -0.2) is 0 Å². The minimum atomic E-state index is -0.0210. The molecule has 0 unspecified atom stereocenters. The molecule has 0 N–H and O–H groups in total. The van der Waals surface area contributed by atoms with Gasteiger partial charge >= 0.3 is 0 Å². The van der Waals surface area contributed by atoms with E-state index in [4.69, 9.17) is 4.74 Å². The van der Waals surface area contributed by atoms with Gasteiger partial charge in [0.15, 0.2) is 0 Å². The van der Waals surface area contributed by atoms with Gasteiger partial charge in [0.05, 0.1) is 17.7 Å². The third-order valence-corrected chi connectivity index (χ3v) is 5.83. The molecule has 5 nitrogen and oxygen atoms in total. The number of pyridine rings is 1. The first-order valence-electron chi connectivity index (χ1n) is 9.19. The van der Waals surface area contributed by atoms with Crippen LogP contribution in [-0.2, 0) is 18.3 Å². The van der Waals surface area contributed by atoms with Crippen LogP contribution in [-0.4, -0.2) is 59.8 Å². The van der Waals surface area contributed by atoms with Crippen LogP contribution in [0.25, 0.3) is 10.9 Å². The van der Waals surface area contributed by atoms with E-state index in [2.05, 4.69) is 29.0 Å². The summed E-state index contributed by atoms with van der Waals surface area (Å²) in [6.45, 7) is 5.47. The van der Waals surface area contributed by atoms with Crippen molar-refractivity contribution < 1.29 is 4.74 Å². The van der Waals surface area contributed by atoms with Crippen LogP contribution in [0.3, 0.4) is 0 Å². The zero-order chi connectivity index (χ0) is 17.4. The molecule has 0 atom stereocenters. The van der Waals surface area contributed by atoms with Crippen LogP contribution in [0.4, 0.5) is 0 Å². The van der Waals surface area contributed by atoms with Gasteiger partial charge in [0, 0.05) is 45.3 Å². The fourth-order valence-corrected chi connectivity index (χ4v) is 4.23. The van der Waals surface area contributed by atoms with Crippen LogP contribution in [0, 0.1) is 0 Å². The van der Waals surface area contributed by atoms with Crippen molar-refractivity contribution in [3.8, 4) is 0 Å². The van der Waals surface area contributed by atoms with E-state index in [0.717, 1.165) is 62.1 Å². The normalized spacial score (nSPS) is 21.8. The van der Waals surface area contributed by atoms with Crippen molar-refractivity contribution in [3.63, 3.8) is 0 Å². The smallest absolute Gasteiger partial charge is 0.255 e. The minimum absolute atomic E-state index is 0.0210. The summed E-state index contributed by atoms with van der Waals surface area (Å²) < 4.78 is 7.97. The number of likely N-dealkylation sites (tertiary alicyclic amines) is 1. The Balaban J connectivity index is 1.57. The first kappa shape index (κ1) is 16.8. The predicted molar refractivity (Wildman–Crippen MR) is 99.9 cm³/mol. The van der Waals surface area contributed by atoms with E-state index in [9.17, 15) is 4.79 Å². The van der Waals surface area contributed by atoms with Crippen LogP contribution in [0.5, 0.6) is 0 Å². The number of morpholine rings is 1. The molecule has 2 aliphatic heterocycles. The molecule has 4 rings (SSSR count). The van der Waals surface area contributed by atoms with Gasteiger partial charge in [-0.2, -0.15) is 0 Å². The number of hydrogen-bond acceptors (Lipinski definition) is 4. The molecule has 1 aromatic carbocycles. The Labute approximate surface area is 148 Å². The number of aromatic nitrogens is 1. The summed E-state index contributed by atoms with van der Waals surface area (Å²) in [5, 5.41) is 1.13. The summed E-state index contributed by atoms with van der Waals surface area (Å²) in [5.41, 5.74) is 1.96. The van der Waals surface area contributed by atoms with Crippen LogP contribution in [0.1, 0.15) is 18.4 Å². The lowest BCUT2D eigenvalue weighted by atomic mass is 9.89. The number of para-hydroxylation sites is 1. The summed E-state index contributed by atoms with van der Waals surface area (Å²) in [6.07, 6.45) is 2.16. The fourth-order valence-electron chi connectivity index (χ4n) is 4.23. The van der Waals surface area contributed by atoms with Gasteiger partial charge in [-0.1, -0.05) is 18.2 Å². The molecule has 5 heteroatoms. The Bertz CT molecular complexity index is 821. The molecule has 2 aliphatic rings. The SMILES string of the molecule is CN1CCC2(CC1)CN(Cc1cc3ccccc3n(C)c1=O)CCO2. The second-order valence-electron chi connectivity index (χ2n) is 7.64. The molecule has 1 spiro atoms. The van der Waals surface area contributed by atoms with Crippen LogP contribution in [0.2, 0.25) is 0 Å². The van der Waals surface area contributed by atoms with Crippen molar-refractivity contribution in [1.29, 1.82) is 0 Å². The van der Waals surface area contributed by atoms with Gasteiger partial charge in [0.1, 0.15) is 0 Å². The lowest BCUT2D eigenvalue weighted by molar-refractivity contribution is -0.135. The quantitative estimate of drug-likeness (QED) is 0.835. The maximum absolute atomic E-state index is 12.8. The summed E-state index contributed by atoms with van der Waals surface area (Å²) in [4.78, 5) is 17.5. The third kappa shape index (κ3) is 3.24. The molecule has 3 heterocycles. The first-order valence-corrected chi connectivity index (χ1v) is 9.19. The van der Waals surface area contributed by atoms with Crippen molar-refractivity contribution in [1.82, 2.24) is 14.4 Å². The second-order valence-corrected chi connectivity index (χ2v) is 7.64. The summed E-state index contributed by atoms with van der Waals surface area (Å²) in [6, 6.07) is 10.2. The molecule has 0 aliphatic carbocycles. The number of ether oxygens (including phenoxy) is 1. The number of benzene rings is 1. The highest BCUT2D eigenvalue weighted by molar-refractivity contribution is 5.79. The maximum atomic E-state index is 12.8. The molecule has 2 aromatic rings. The number of nitrogens with zero attached hydrogens (tertiary/aromatic N) is 3. The van der Waals surface area contributed by atoms with Gasteiger partial charge in [-0.15, -0.1) is 0 Å². The van der Waals surface area contributed by atoms with E-state index < -0.39 is 0 Å². The zero-order valence-electron chi connectivity index (χ0n) is 15.2. The van der Waals surface area contributed by atoms with Gasteiger partial charge in [0.2, 0.25) is 0 Å². The topological polar surface area (TPSA) is 37.7 Å². The van der Waals surface area contributed by atoms with E-state index in [1.165, 1.54) is 0 Å². The molecule has 0 amide bonds. The summed E-state index contributed by atoms with van der Waals surface area (Å²) in [5.74, 6) is 0. The van der Waals surface area contributed by atoms with E-state index in [1.54, 1.807) is 4.57 Å². The lowest BCUT2D eigenvalue weighted by Crippen LogP contribution is -2.56. The Hall–Kier alpha value is -1.69. The summed E-state index contributed by atoms with van der Waals surface area (Å²) in [7, 11) is 4.04. The van der Waals surface area contributed by atoms with E-state index in [0.29, 0.717) is 6.54 Å². The van der Waals surface area contributed by atoms with Crippen molar-refractivity contribution >= 4 is 10.9 Å².